The van der Waals surface area contributed by atoms with Gasteiger partial charge in [-0.25, -0.2) is 0 Å². The molecule has 0 aliphatic carbocycles. The summed E-state index contributed by atoms with van der Waals surface area (Å²) >= 11 is 0. The van der Waals surface area contributed by atoms with Crippen LogP contribution in [0.25, 0.3) is 0 Å². The zero-order valence-electron chi connectivity index (χ0n) is 17.5. The highest BCUT2D eigenvalue weighted by Crippen LogP contribution is 2.28. The van der Waals surface area contributed by atoms with E-state index in [-0.39, 0.29) is 11.4 Å². The lowest BCUT2D eigenvalue weighted by Gasteiger charge is -2.44. The van der Waals surface area contributed by atoms with Crippen LogP contribution in [-0.2, 0) is 17.8 Å². The Bertz CT molecular complexity index is 593. The summed E-state index contributed by atoms with van der Waals surface area (Å²) in [4.78, 5) is 17.7. The molecule has 1 aliphatic rings. The fourth-order valence-electron chi connectivity index (χ4n) is 3.95. The van der Waals surface area contributed by atoms with Crippen LogP contribution in [0.5, 0.6) is 0 Å². The molecule has 1 aromatic carbocycles. The van der Waals surface area contributed by atoms with Crippen LogP contribution < -0.4 is 5.73 Å². The minimum absolute atomic E-state index is 0.211. The van der Waals surface area contributed by atoms with Gasteiger partial charge in [0.05, 0.1) is 0 Å². The van der Waals surface area contributed by atoms with E-state index in [1.54, 1.807) is 0 Å². The largest absolute Gasteiger partial charge is 0.342 e. The lowest BCUT2D eigenvalue weighted by Crippen LogP contribution is -2.53. The molecular weight excluding hydrogens is 322 g/mol. The predicted octanol–water partition coefficient (Wildman–Crippen LogP) is 3.44. The summed E-state index contributed by atoms with van der Waals surface area (Å²) in [5.41, 5.74) is 7.79. The highest BCUT2D eigenvalue weighted by Gasteiger charge is 2.36. The van der Waals surface area contributed by atoms with Gasteiger partial charge >= 0.3 is 0 Å². The molecule has 0 radical (unpaired) electrons. The highest BCUT2D eigenvalue weighted by molar-refractivity contribution is 5.82. The molecule has 4 heteroatoms. The van der Waals surface area contributed by atoms with Crippen molar-refractivity contribution in [1.82, 2.24) is 9.80 Å². The average molecular weight is 360 g/mol. The van der Waals surface area contributed by atoms with Gasteiger partial charge in [0.1, 0.15) is 0 Å². The lowest BCUT2D eigenvalue weighted by molar-refractivity contribution is -0.142. The van der Waals surface area contributed by atoms with E-state index in [0.717, 1.165) is 37.9 Å². The number of rotatable bonds is 5. The number of carbonyl (C=O) groups is 1. The van der Waals surface area contributed by atoms with E-state index in [1.165, 1.54) is 5.56 Å². The van der Waals surface area contributed by atoms with Crippen molar-refractivity contribution in [2.45, 2.75) is 72.0 Å². The molecule has 1 fully saturated rings. The van der Waals surface area contributed by atoms with E-state index in [4.69, 9.17) is 5.73 Å². The number of carbonyl (C=O) groups excluding carboxylic acids is 1. The summed E-state index contributed by atoms with van der Waals surface area (Å²) in [6.45, 7) is 13.6. The summed E-state index contributed by atoms with van der Waals surface area (Å²) in [6.07, 6.45) is 2.86. The van der Waals surface area contributed by atoms with Crippen molar-refractivity contribution in [2.75, 3.05) is 20.1 Å². The third-order valence-corrected chi connectivity index (χ3v) is 5.76. The van der Waals surface area contributed by atoms with Crippen molar-refractivity contribution in [3.05, 3.63) is 35.4 Å². The molecule has 1 heterocycles. The molecule has 1 amide bonds. The van der Waals surface area contributed by atoms with Gasteiger partial charge in [-0.3, -0.25) is 9.69 Å². The number of hydrogen-bond donors (Lipinski definition) is 1. The second kappa shape index (κ2) is 8.10. The molecule has 0 atom stereocenters. The summed E-state index contributed by atoms with van der Waals surface area (Å²) in [5, 5.41) is 0. The van der Waals surface area contributed by atoms with E-state index in [1.807, 2.05) is 11.9 Å². The zero-order valence-corrected chi connectivity index (χ0v) is 17.5. The summed E-state index contributed by atoms with van der Waals surface area (Å²) < 4.78 is 0. The Morgan fingerprint density at radius 1 is 1.08 bits per heavy atom. The third kappa shape index (κ3) is 5.08. The number of hydrogen-bond acceptors (Lipinski definition) is 3. The lowest BCUT2D eigenvalue weighted by atomic mass is 9.83. The molecule has 0 saturated carbocycles. The maximum atomic E-state index is 13.2. The Labute approximate surface area is 159 Å². The average Bonchev–Trinajstić information content (AvgIpc) is 2.60. The van der Waals surface area contributed by atoms with Gasteiger partial charge in [-0.2, -0.15) is 0 Å². The fourth-order valence-corrected chi connectivity index (χ4v) is 3.95. The molecule has 2 rings (SSSR count). The Kier molecular flexibility index (Phi) is 6.51. The van der Waals surface area contributed by atoms with Crippen LogP contribution in [0.1, 0.15) is 58.6 Å². The second-order valence-corrected chi connectivity index (χ2v) is 9.39. The Morgan fingerprint density at radius 2 is 1.58 bits per heavy atom. The quantitative estimate of drug-likeness (QED) is 0.876. The van der Waals surface area contributed by atoms with E-state index in [0.29, 0.717) is 12.6 Å². The number of piperidine rings is 1. The minimum Gasteiger partial charge on any atom is -0.342 e. The smallest absolute Gasteiger partial charge is 0.228 e. The van der Waals surface area contributed by atoms with Crippen LogP contribution >= 0.6 is 0 Å². The molecule has 0 unspecified atom stereocenters. The van der Waals surface area contributed by atoms with Crippen LogP contribution in [0.2, 0.25) is 0 Å². The van der Waals surface area contributed by atoms with Crippen molar-refractivity contribution >= 4 is 5.91 Å². The molecule has 1 saturated heterocycles. The molecule has 0 bridgehead atoms. The van der Waals surface area contributed by atoms with Gasteiger partial charge in [-0.15, -0.1) is 0 Å². The van der Waals surface area contributed by atoms with Crippen LogP contribution in [0.4, 0.5) is 0 Å². The number of likely N-dealkylation sites (tertiary alicyclic amines) is 1. The van der Waals surface area contributed by atoms with Gasteiger partial charge in [0.2, 0.25) is 5.91 Å². The Hall–Kier alpha value is -1.39. The Morgan fingerprint density at radius 3 is 2.04 bits per heavy atom. The van der Waals surface area contributed by atoms with Gasteiger partial charge in [0.25, 0.3) is 0 Å². The van der Waals surface area contributed by atoms with Gasteiger partial charge in [-0.05, 0) is 51.2 Å². The van der Waals surface area contributed by atoms with E-state index >= 15 is 0 Å². The minimum atomic E-state index is -0.403. The molecule has 1 aromatic rings. The summed E-state index contributed by atoms with van der Waals surface area (Å²) in [6, 6.07) is 8.65. The molecule has 0 spiro atoms. The predicted molar refractivity (Wildman–Crippen MR) is 109 cm³/mol. The number of nitrogens with zero attached hydrogens (tertiary/aromatic N) is 2. The molecule has 26 heavy (non-hydrogen) atoms. The van der Waals surface area contributed by atoms with Crippen LogP contribution in [0, 0.1) is 5.41 Å². The van der Waals surface area contributed by atoms with E-state index in [9.17, 15) is 4.79 Å². The van der Waals surface area contributed by atoms with Crippen LogP contribution in [0.3, 0.4) is 0 Å². The highest BCUT2D eigenvalue weighted by atomic mass is 16.2. The fraction of sp³-hybridized carbons (Fsp3) is 0.682. The van der Waals surface area contributed by atoms with Crippen molar-refractivity contribution in [1.29, 1.82) is 0 Å². The topological polar surface area (TPSA) is 49.6 Å². The van der Waals surface area contributed by atoms with Gasteiger partial charge in [0, 0.05) is 43.7 Å². The molecular formula is C22H37N3O. The first-order valence-corrected chi connectivity index (χ1v) is 9.85. The third-order valence-electron chi connectivity index (χ3n) is 5.76. The van der Waals surface area contributed by atoms with E-state index < -0.39 is 5.41 Å². The monoisotopic (exact) mass is 359 g/mol. The maximum absolute atomic E-state index is 13.2. The standard InChI is InChI=1S/C22H37N3O/c1-21(2,3)25-13-11-19(12-14-25)24(6)20(26)22(4,5)15-17-7-9-18(16-23)10-8-17/h7-10,19H,11-16,23H2,1-6H3. The number of amides is 1. The van der Waals surface area contributed by atoms with Crippen LogP contribution in [-0.4, -0.2) is 47.4 Å². The van der Waals surface area contributed by atoms with Crippen molar-refractivity contribution in [2.24, 2.45) is 11.1 Å². The van der Waals surface area contributed by atoms with Gasteiger partial charge < -0.3 is 10.6 Å². The normalized spacial score (nSPS) is 17.3. The molecule has 2 N–H and O–H groups in total. The van der Waals surface area contributed by atoms with Crippen molar-refractivity contribution < 1.29 is 4.79 Å². The Balaban J connectivity index is 1.97. The van der Waals surface area contributed by atoms with Crippen molar-refractivity contribution in [3.63, 3.8) is 0 Å². The first-order chi connectivity index (χ1) is 12.0. The number of benzene rings is 1. The summed E-state index contributed by atoms with van der Waals surface area (Å²) in [7, 11) is 1.99. The molecule has 1 aliphatic heterocycles. The zero-order chi connectivity index (χ0) is 19.5. The van der Waals surface area contributed by atoms with Crippen LogP contribution in [0.15, 0.2) is 24.3 Å². The number of nitrogens with two attached hydrogens (primary N) is 1. The first kappa shape index (κ1) is 20.9. The van der Waals surface area contributed by atoms with Gasteiger partial charge in [0.15, 0.2) is 0 Å². The van der Waals surface area contributed by atoms with Crippen molar-refractivity contribution in [3.8, 4) is 0 Å². The van der Waals surface area contributed by atoms with Gasteiger partial charge in [-0.1, -0.05) is 38.1 Å². The molecule has 146 valence electrons. The summed E-state index contributed by atoms with van der Waals surface area (Å²) in [5.74, 6) is 0.245. The van der Waals surface area contributed by atoms with E-state index in [2.05, 4.69) is 63.8 Å². The second-order valence-electron chi connectivity index (χ2n) is 9.39. The molecule has 0 aromatic heterocycles. The first-order valence-electron chi connectivity index (χ1n) is 9.85. The SMILES string of the molecule is CN(C(=O)C(C)(C)Cc1ccc(CN)cc1)C1CCN(C(C)(C)C)CC1. The molecule has 4 nitrogen and oxygen atoms in total. The maximum Gasteiger partial charge on any atom is 0.228 e.